The van der Waals surface area contributed by atoms with Crippen molar-refractivity contribution in [1.29, 1.82) is 0 Å². The van der Waals surface area contributed by atoms with Crippen LogP contribution in [-0.2, 0) is 0 Å². The van der Waals surface area contributed by atoms with Gasteiger partial charge < -0.3 is 15.0 Å². The minimum Gasteiger partial charge on any atom is -0.497 e. The second-order valence-corrected chi connectivity index (χ2v) is 7.93. The molecule has 2 aromatic carbocycles. The molecule has 1 aromatic heterocycles. The van der Waals surface area contributed by atoms with E-state index in [1.165, 1.54) is 26.1 Å². The average molecular weight is 402 g/mol. The Hall–Kier alpha value is -2.04. The van der Waals surface area contributed by atoms with Crippen molar-refractivity contribution in [2.75, 3.05) is 32.1 Å². The predicted octanol–water partition coefficient (Wildman–Crippen LogP) is 3.97. The summed E-state index contributed by atoms with van der Waals surface area (Å²) in [5, 5.41) is 6.79. The number of fused-ring (bicyclic) bond motifs is 2. The topological polar surface area (TPSA) is 39.8 Å². The van der Waals surface area contributed by atoms with Crippen LogP contribution < -0.4 is 19.9 Å². The molecule has 0 aliphatic carbocycles. The number of H-pyrrole nitrogens is 1. The van der Waals surface area contributed by atoms with Gasteiger partial charge in [0, 0.05) is 23.2 Å². The molecular formula is C23H32ClN3O+2. The van der Waals surface area contributed by atoms with E-state index in [0.717, 1.165) is 44.7 Å². The number of rotatable bonds is 9. The Kier molecular flexibility index (Phi) is 6.97. The third-order valence-corrected chi connectivity index (χ3v) is 5.81. The van der Waals surface area contributed by atoms with Crippen LogP contribution in [0, 0.1) is 0 Å². The zero-order valence-electron chi connectivity index (χ0n) is 17.4. The van der Waals surface area contributed by atoms with Crippen molar-refractivity contribution in [3.05, 3.63) is 41.4 Å². The van der Waals surface area contributed by atoms with Gasteiger partial charge in [0.2, 0.25) is 11.0 Å². The summed E-state index contributed by atoms with van der Waals surface area (Å²) in [7, 11) is 1.71. The van der Waals surface area contributed by atoms with Gasteiger partial charge >= 0.3 is 0 Å². The summed E-state index contributed by atoms with van der Waals surface area (Å²) >= 11 is 6.24. The van der Waals surface area contributed by atoms with Gasteiger partial charge in [0.05, 0.1) is 43.2 Å². The number of halogens is 1. The van der Waals surface area contributed by atoms with E-state index in [1.54, 1.807) is 12.0 Å². The van der Waals surface area contributed by atoms with Crippen molar-refractivity contribution in [3.63, 3.8) is 0 Å². The first-order valence-corrected chi connectivity index (χ1v) is 10.7. The predicted molar refractivity (Wildman–Crippen MR) is 119 cm³/mol. The molecule has 5 heteroatoms. The fourth-order valence-electron chi connectivity index (χ4n) is 3.83. The van der Waals surface area contributed by atoms with Crippen molar-refractivity contribution < 1.29 is 14.6 Å². The van der Waals surface area contributed by atoms with Gasteiger partial charge in [0.15, 0.2) is 0 Å². The van der Waals surface area contributed by atoms with Crippen molar-refractivity contribution in [1.82, 2.24) is 0 Å². The Balaban J connectivity index is 1.92. The number of methoxy groups -OCH3 is 1. The van der Waals surface area contributed by atoms with Gasteiger partial charge in [-0.25, -0.2) is 4.98 Å². The van der Waals surface area contributed by atoms with Gasteiger partial charge in [-0.15, -0.1) is 0 Å². The van der Waals surface area contributed by atoms with Crippen LogP contribution in [0.3, 0.4) is 0 Å². The largest absolute Gasteiger partial charge is 0.497 e. The molecule has 28 heavy (non-hydrogen) atoms. The molecule has 0 aliphatic rings. The molecule has 0 saturated carbocycles. The molecule has 0 amide bonds. The zero-order valence-corrected chi connectivity index (χ0v) is 18.1. The van der Waals surface area contributed by atoms with Crippen LogP contribution in [0.1, 0.15) is 33.6 Å². The maximum absolute atomic E-state index is 6.24. The standard InChI is InChI=1S/C23H30ClN3O/c1-5-27(6-2)13-7-8-16(3)25-23-19-11-9-17(24)14-22(19)26-21-12-10-18(28-4)15-20(21)23/h9-12,14-16H,5-8,13H2,1-4H3,(H,25,26)/p+2/t16-/m1/s1. The summed E-state index contributed by atoms with van der Waals surface area (Å²) in [4.78, 5) is 5.17. The summed E-state index contributed by atoms with van der Waals surface area (Å²) < 4.78 is 5.46. The van der Waals surface area contributed by atoms with Gasteiger partial charge in [-0.05, 0) is 57.9 Å². The van der Waals surface area contributed by atoms with E-state index in [-0.39, 0.29) is 0 Å². The highest BCUT2D eigenvalue weighted by molar-refractivity contribution is 6.31. The monoisotopic (exact) mass is 401 g/mol. The summed E-state index contributed by atoms with van der Waals surface area (Å²) in [6.45, 7) is 10.4. The first-order chi connectivity index (χ1) is 13.5. The molecule has 0 bridgehead atoms. The first kappa shape index (κ1) is 20.7. The number of aromatic nitrogens is 1. The minimum atomic E-state index is 0.380. The van der Waals surface area contributed by atoms with Gasteiger partial charge in [-0.2, -0.15) is 0 Å². The van der Waals surface area contributed by atoms with Crippen molar-refractivity contribution in [2.45, 2.75) is 39.7 Å². The lowest BCUT2D eigenvalue weighted by molar-refractivity contribution is -0.896. The van der Waals surface area contributed by atoms with E-state index < -0.39 is 0 Å². The lowest BCUT2D eigenvalue weighted by Crippen LogP contribution is -3.11. The summed E-state index contributed by atoms with van der Waals surface area (Å²) in [5.41, 5.74) is 3.24. The molecule has 3 N–H and O–H groups in total. The highest BCUT2D eigenvalue weighted by atomic mass is 35.5. The number of aromatic amines is 1. The molecule has 1 atom stereocenters. The maximum Gasteiger partial charge on any atom is 0.214 e. The molecule has 0 unspecified atom stereocenters. The number of hydrogen-bond acceptors (Lipinski definition) is 2. The molecule has 0 spiro atoms. The molecule has 0 saturated heterocycles. The Morgan fingerprint density at radius 1 is 1.07 bits per heavy atom. The Morgan fingerprint density at radius 3 is 2.57 bits per heavy atom. The molecule has 0 fully saturated rings. The number of anilines is 1. The van der Waals surface area contributed by atoms with Crippen LogP contribution in [0.4, 0.5) is 5.69 Å². The van der Waals surface area contributed by atoms with Gasteiger partial charge in [0.25, 0.3) is 0 Å². The second-order valence-electron chi connectivity index (χ2n) is 7.50. The van der Waals surface area contributed by atoms with E-state index in [0.29, 0.717) is 6.04 Å². The average Bonchev–Trinajstić information content (AvgIpc) is 2.70. The number of pyridine rings is 1. The maximum atomic E-state index is 6.24. The molecule has 150 valence electrons. The number of ether oxygens (including phenoxy) is 1. The third-order valence-electron chi connectivity index (χ3n) is 5.57. The summed E-state index contributed by atoms with van der Waals surface area (Å²) in [5.74, 6) is 0.857. The van der Waals surface area contributed by atoms with E-state index in [4.69, 9.17) is 16.3 Å². The number of benzene rings is 2. The summed E-state index contributed by atoms with van der Waals surface area (Å²) in [6.07, 6.45) is 2.36. The highest BCUT2D eigenvalue weighted by Gasteiger charge is 2.17. The number of hydrogen-bond donors (Lipinski definition) is 2. The lowest BCUT2D eigenvalue weighted by Gasteiger charge is -2.19. The normalized spacial score (nSPS) is 12.6. The quantitative estimate of drug-likeness (QED) is 0.532. The first-order valence-electron chi connectivity index (χ1n) is 10.3. The lowest BCUT2D eigenvalue weighted by atomic mass is 10.1. The van der Waals surface area contributed by atoms with Crippen LogP contribution in [0.15, 0.2) is 36.4 Å². The van der Waals surface area contributed by atoms with Crippen LogP contribution in [0.5, 0.6) is 5.75 Å². The van der Waals surface area contributed by atoms with Gasteiger partial charge in [0.1, 0.15) is 5.75 Å². The van der Waals surface area contributed by atoms with Crippen LogP contribution >= 0.6 is 11.6 Å². The molecule has 3 aromatic rings. The second kappa shape index (κ2) is 9.44. The third kappa shape index (κ3) is 4.68. The SMILES string of the molecule is CC[NH+](CC)CCC[C@@H](C)Nc1c2ccc(Cl)cc2[nH+]c2ccc(OC)cc12. The van der Waals surface area contributed by atoms with Crippen molar-refractivity contribution >= 4 is 39.1 Å². The van der Waals surface area contributed by atoms with Crippen LogP contribution in [0.2, 0.25) is 5.02 Å². The molecule has 4 nitrogen and oxygen atoms in total. The molecule has 1 heterocycles. The summed E-state index contributed by atoms with van der Waals surface area (Å²) in [6, 6.07) is 12.5. The van der Waals surface area contributed by atoms with E-state index in [2.05, 4.69) is 49.3 Å². The van der Waals surface area contributed by atoms with Gasteiger partial charge in [-0.3, -0.25) is 0 Å². The fraction of sp³-hybridized carbons (Fsp3) is 0.435. The highest BCUT2D eigenvalue weighted by Crippen LogP contribution is 2.33. The fourth-order valence-corrected chi connectivity index (χ4v) is 4.00. The van der Waals surface area contributed by atoms with Gasteiger partial charge in [-0.1, -0.05) is 11.6 Å². The molecule has 0 aliphatic heterocycles. The van der Waals surface area contributed by atoms with Crippen molar-refractivity contribution in [3.8, 4) is 5.75 Å². The molecule has 0 radical (unpaired) electrons. The smallest absolute Gasteiger partial charge is 0.214 e. The van der Waals surface area contributed by atoms with Crippen molar-refractivity contribution in [2.24, 2.45) is 0 Å². The van der Waals surface area contributed by atoms with Crippen LogP contribution in [0.25, 0.3) is 21.8 Å². The van der Waals surface area contributed by atoms with E-state index in [1.807, 2.05) is 18.2 Å². The number of nitrogens with one attached hydrogen (secondary N) is 3. The Labute approximate surface area is 172 Å². The Morgan fingerprint density at radius 2 is 1.86 bits per heavy atom. The molecule has 3 rings (SSSR count). The zero-order chi connectivity index (χ0) is 20.1. The minimum absolute atomic E-state index is 0.380. The van der Waals surface area contributed by atoms with E-state index in [9.17, 15) is 0 Å². The molecular weight excluding hydrogens is 370 g/mol. The number of quaternary nitrogens is 1. The van der Waals surface area contributed by atoms with Crippen LogP contribution in [-0.4, -0.2) is 32.8 Å². The Bertz CT molecular complexity index is 940. The van der Waals surface area contributed by atoms with E-state index >= 15 is 0 Å².